The van der Waals surface area contributed by atoms with E-state index in [-0.39, 0.29) is 6.10 Å². The summed E-state index contributed by atoms with van der Waals surface area (Å²) in [6.07, 6.45) is 6.13. The van der Waals surface area contributed by atoms with Crippen LogP contribution >= 0.6 is 0 Å². The fraction of sp³-hybridized carbons (Fsp3) is 0.588. The summed E-state index contributed by atoms with van der Waals surface area (Å²) in [6.45, 7) is 4.02. The second-order valence-corrected chi connectivity index (χ2v) is 5.72. The molecule has 4 nitrogen and oxygen atoms in total. The highest BCUT2D eigenvalue weighted by Crippen LogP contribution is 2.32. The van der Waals surface area contributed by atoms with Gasteiger partial charge in [0.15, 0.2) is 0 Å². The first kappa shape index (κ1) is 15.7. The molecule has 1 fully saturated rings. The third kappa shape index (κ3) is 3.90. The minimum atomic E-state index is 0.241. The first-order chi connectivity index (χ1) is 10.2. The Kier molecular flexibility index (Phi) is 5.48. The van der Waals surface area contributed by atoms with Gasteiger partial charge in [0.2, 0.25) is 0 Å². The number of methoxy groups -OCH3 is 1. The second-order valence-electron chi connectivity index (χ2n) is 5.72. The van der Waals surface area contributed by atoms with Crippen molar-refractivity contribution in [2.45, 2.75) is 52.1 Å². The van der Waals surface area contributed by atoms with Crippen molar-refractivity contribution in [1.29, 1.82) is 0 Å². The molecule has 0 radical (unpaired) electrons. The summed E-state index contributed by atoms with van der Waals surface area (Å²) in [7, 11) is 1.64. The fourth-order valence-corrected chi connectivity index (χ4v) is 2.92. The van der Waals surface area contributed by atoms with E-state index in [1.54, 1.807) is 14.0 Å². The van der Waals surface area contributed by atoms with Crippen LogP contribution in [0.1, 0.15) is 51.5 Å². The summed E-state index contributed by atoms with van der Waals surface area (Å²) in [5.74, 6) is 2.33. The molecule has 0 saturated heterocycles. The Balaban J connectivity index is 2.14. The van der Waals surface area contributed by atoms with E-state index in [0.29, 0.717) is 5.71 Å². The third-order valence-electron chi connectivity index (χ3n) is 4.39. The van der Waals surface area contributed by atoms with Crippen LogP contribution in [-0.4, -0.2) is 24.1 Å². The van der Waals surface area contributed by atoms with Gasteiger partial charge < -0.3 is 14.7 Å². The number of nitrogens with zero attached hydrogens (tertiary/aromatic N) is 1. The van der Waals surface area contributed by atoms with Crippen molar-refractivity contribution in [2.75, 3.05) is 7.11 Å². The van der Waals surface area contributed by atoms with Gasteiger partial charge in [-0.15, -0.1) is 0 Å². The molecule has 0 bridgehead atoms. The molecule has 1 N–H and O–H groups in total. The lowest BCUT2D eigenvalue weighted by molar-refractivity contribution is 0.129. The van der Waals surface area contributed by atoms with Crippen molar-refractivity contribution in [3.63, 3.8) is 0 Å². The van der Waals surface area contributed by atoms with Crippen LogP contribution in [0.25, 0.3) is 0 Å². The fourth-order valence-electron chi connectivity index (χ4n) is 2.92. The van der Waals surface area contributed by atoms with Crippen molar-refractivity contribution < 1.29 is 14.7 Å². The highest BCUT2D eigenvalue weighted by molar-refractivity contribution is 6.00. The van der Waals surface area contributed by atoms with Gasteiger partial charge in [-0.25, -0.2) is 0 Å². The van der Waals surface area contributed by atoms with Gasteiger partial charge in [0.05, 0.1) is 18.9 Å². The lowest BCUT2D eigenvalue weighted by Crippen LogP contribution is -2.24. The third-order valence-corrected chi connectivity index (χ3v) is 4.39. The van der Waals surface area contributed by atoms with Gasteiger partial charge in [-0.1, -0.05) is 18.5 Å². The molecule has 2 rings (SSSR count). The average Bonchev–Trinajstić information content (AvgIpc) is 2.54. The molecule has 0 aromatic heterocycles. The van der Waals surface area contributed by atoms with Crippen molar-refractivity contribution in [1.82, 2.24) is 0 Å². The van der Waals surface area contributed by atoms with Gasteiger partial charge in [-0.2, -0.15) is 0 Å². The van der Waals surface area contributed by atoms with Crippen LogP contribution < -0.4 is 9.47 Å². The summed E-state index contributed by atoms with van der Waals surface area (Å²) < 4.78 is 11.4. The first-order valence-electron chi connectivity index (χ1n) is 7.71. The molecule has 0 spiro atoms. The monoisotopic (exact) mass is 291 g/mol. The molecule has 4 heteroatoms. The smallest absolute Gasteiger partial charge is 0.132 e. The Morgan fingerprint density at radius 3 is 2.57 bits per heavy atom. The highest BCUT2D eigenvalue weighted by atomic mass is 16.5. The van der Waals surface area contributed by atoms with E-state index >= 15 is 0 Å². The maximum Gasteiger partial charge on any atom is 0.132 e. The minimum absolute atomic E-state index is 0.241. The molecule has 1 aliphatic carbocycles. The van der Waals surface area contributed by atoms with E-state index in [4.69, 9.17) is 14.7 Å². The van der Waals surface area contributed by atoms with Crippen LogP contribution in [-0.2, 0) is 0 Å². The lowest BCUT2D eigenvalue weighted by atomic mass is 9.86. The Labute approximate surface area is 126 Å². The van der Waals surface area contributed by atoms with E-state index < -0.39 is 0 Å². The maximum atomic E-state index is 9.01. The van der Waals surface area contributed by atoms with Crippen molar-refractivity contribution in [3.8, 4) is 11.5 Å². The summed E-state index contributed by atoms with van der Waals surface area (Å²) in [4.78, 5) is 0. The predicted octanol–water partition coefficient (Wildman–Crippen LogP) is 4.24. The molecule has 0 amide bonds. The molecule has 1 aliphatic rings. The van der Waals surface area contributed by atoms with Crippen LogP contribution in [0.2, 0.25) is 0 Å². The average molecular weight is 291 g/mol. The number of benzene rings is 1. The molecule has 1 aromatic rings. The SMILES string of the molecule is CCC1CCC(Oc2cc(OC)ccc2/C(C)=N/O)CC1. The molecule has 0 aliphatic heterocycles. The molecular weight excluding hydrogens is 266 g/mol. The van der Waals surface area contributed by atoms with Crippen molar-refractivity contribution >= 4 is 5.71 Å². The summed E-state index contributed by atoms with van der Waals surface area (Å²) in [5, 5.41) is 12.3. The number of hydrogen-bond acceptors (Lipinski definition) is 4. The van der Waals surface area contributed by atoms with E-state index in [2.05, 4.69) is 12.1 Å². The standard InChI is InChI=1S/C17H25NO3/c1-4-13-5-7-14(8-6-13)21-17-11-15(20-3)9-10-16(17)12(2)18-19/h9-11,13-14,19H,4-8H2,1-3H3/b18-12+. The maximum absolute atomic E-state index is 9.01. The molecule has 0 unspecified atom stereocenters. The van der Waals surface area contributed by atoms with Gasteiger partial charge in [0.1, 0.15) is 11.5 Å². The molecule has 0 heterocycles. The summed E-state index contributed by atoms with van der Waals surface area (Å²) in [5.41, 5.74) is 1.37. The van der Waals surface area contributed by atoms with Crippen molar-refractivity contribution in [3.05, 3.63) is 23.8 Å². The molecule has 1 saturated carbocycles. The predicted molar refractivity (Wildman–Crippen MR) is 83.7 cm³/mol. The molecule has 116 valence electrons. The van der Waals surface area contributed by atoms with Gasteiger partial charge >= 0.3 is 0 Å². The lowest BCUT2D eigenvalue weighted by Gasteiger charge is -2.29. The zero-order chi connectivity index (χ0) is 15.2. The highest BCUT2D eigenvalue weighted by Gasteiger charge is 2.22. The van der Waals surface area contributed by atoms with Crippen LogP contribution in [0.3, 0.4) is 0 Å². The normalized spacial score (nSPS) is 22.9. The van der Waals surface area contributed by atoms with E-state index in [1.165, 1.54) is 19.3 Å². The second kappa shape index (κ2) is 7.34. The van der Waals surface area contributed by atoms with Crippen LogP contribution in [0.15, 0.2) is 23.4 Å². The molecule has 21 heavy (non-hydrogen) atoms. The van der Waals surface area contributed by atoms with Crippen molar-refractivity contribution in [2.24, 2.45) is 11.1 Å². The Morgan fingerprint density at radius 2 is 2.00 bits per heavy atom. The van der Waals surface area contributed by atoms with Gasteiger partial charge in [-0.3, -0.25) is 0 Å². The Bertz CT molecular complexity index is 491. The number of rotatable bonds is 5. The summed E-state index contributed by atoms with van der Waals surface area (Å²) >= 11 is 0. The Morgan fingerprint density at radius 1 is 1.29 bits per heavy atom. The van der Waals surface area contributed by atoms with Crippen LogP contribution in [0.4, 0.5) is 0 Å². The summed E-state index contributed by atoms with van der Waals surface area (Å²) in [6, 6.07) is 5.60. The number of oxime groups is 1. The minimum Gasteiger partial charge on any atom is -0.497 e. The molecule has 1 aromatic carbocycles. The topological polar surface area (TPSA) is 51.0 Å². The zero-order valence-corrected chi connectivity index (χ0v) is 13.1. The molecule has 0 atom stereocenters. The van der Waals surface area contributed by atoms with Crippen LogP contribution in [0.5, 0.6) is 11.5 Å². The molecular formula is C17H25NO3. The van der Waals surface area contributed by atoms with E-state index in [1.807, 2.05) is 18.2 Å². The Hall–Kier alpha value is -1.71. The number of ether oxygens (including phenoxy) is 2. The van der Waals surface area contributed by atoms with E-state index in [0.717, 1.165) is 35.8 Å². The quantitative estimate of drug-likeness (QED) is 0.501. The first-order valence-corrected chi connectivity index (χ1v) is 7.71. The zero-order valence-electron chi connectivity index (χ0n) is 13.1. The van der Waals surface area contributed by atoms with E-state index in [9.17, 15) is 0 Å². The van der Waals surface area contributed by atoms with Gasteiger partial charge in [-0.05, 0) is 50.7 Å². The number of hydrogen-bond donors (Lipinski definition) is 1. The van der Waals surface area contributed by atoms with Crippen LogP contribution in [0, 0.1) is 5.92 Å². The van der Waals surface area contributed by atoms with Gasteiger partial charge in [0.25, 0.3) is 0 Å². The van der Waals surface area contributed by atoms with Gasteiger partial charge in [0, 0.05) is 11.6 Å². The largest absolute Gasteiger partial charge is 0.497 e.